The topological polar surface area (TPSA) is 15.3 Å². The van der Waals surface area contributed by atoms with Crippen molar-refractivity contribution in [1.29, 1.82) is 0 Å². The van der Waals surface area contributed by atoms with E-state index < -0.39 is 0 Å². The lowest BCUT2D eigenvalue weighted by atomic mass is 10.1. The molecule has 2 heteroatoms. The van der Waals surface area contributed by atoms with Gasteiger partial charge in [-0.1, -0.05) is 25.0 Å². The Kier molecular flexibility index (Phi) is 4.43. The minimum absolute atomic E-state index is 0.959. The van der Waals surface area contributed by atoms with E-state index in [1.807, 2.05) is 7.05 Å². The lowest BCUT2D eigenvalue weighted by Gasteiger charge is -2.25. The minimum Gasteiger partial charge on any atom is -0.371 e. The smallest absolute Gasteiger partial charge is 0.0396 e. The fourth-order valence-electron chi connectivity index (χ4n) is 2.70. The van der Waals surface area contributed by atoms with E-state index in [0.717, 1.165) is 6.54 Å². The molecule has 0 spiro atoms. The van der Waals surface area contributed by atoms with E-state index in [2.05, 4.69) is 35.3 Å². The largest absolute Gasteiger partial charge is 0.371 e. The van der Waals surface area contributed by atoms with Crippen LogP contribution in [-0.4, -0.2) is 20.1 Å². The fraction of sp³-hybridized carbons (Fsp3) is 0.600. The quantitative estimate of drug-likeness (QED) is 0.861. The van der Waals surface area contributed by atoms with Gasteiger partial charge < -0.3 is 10.2 Å². The lowest BCUT2D eigenvalue weighted by Crippen LogP contribution is -2.24. The molecule has 1 aliphatic rings. The van der Waals surface area contributed by atoms with Crippen molar-refractivity contribution in [1.82, 2.24) is 5.32 Å². The van der Waals surface area contributed by atoms with Crippen LogP contribution >= 0.6 is 0 Å². The van der Waals surface area contributed by atoms with E-state index in [0.29, 0.717) is 0 Å². The molecule has 1 aliphatic heterocycles. The van der Waals surface area contributed by atoms with Crippen LogP contribution < -0.4 is 10.2 Å². The highest BCUT2D eigenvalue weighted by atomic mass is 15.1. The van der Waals surface area contributed by atoms with Crippen molar-refractivity contribution in [3.63, 3.8) is 0 Å². The number of nitrogens with one attached hydrogen (secondary N) is 1. The number of nitrogens with zero attached hydrogens (tertiary/aromatic N) is 1. The summed E-state index contributed by atoms with van der Waals surface area (Å²) in [4.78, 5) is 2.56. The van der Waals surface area contributed by atoms with Crippen LogP contribution in [-0.2, 0) is 6.54 Å². The van der Waals surface area contributed by atoms with Gasteiger partial charge in [-0.2, -0.15) is 0 Å². The molecule has 0 atom stereocenters. The average Bonchev–Trinajstić information content (AvgIpc) is 2.58. The molecule has 0 radical (unpaired) electrons. The van der Waals surface area contributed by atoms with E-state index in [1.165, 1.54) is 55.6 Å². The van der Waals surface area contributed by atoms with Gasteiger partial charge in [0.25, 0.3) is 0 Å². The van der Waals surface area contributed by atoms with Gasteiger partial charge >= 0.3 is 0 Å². The molecule has 0 saturated carbocycles. The van der Waals surface area contributed by atoms with Crippen LogP contribution in [0.2, 0.25) is 0 Å². The van der Waals surface area contributed by atoms with Gasteiger partial charge in [0.1, 0.15) is 0 Å². The van der Waals surface area contributed by atoms with Gasteiger partial charge in [-0.3, -0.25) is 0 Å². The monoisotopic (exact) mass is 232 g/mol. The standard InChI is InChI=1S/C15H24N2/c1-13-11-14(12-16-2)7-8-15(13)17-9-5-3-4-6-10-17/h7-8,11,16H,3-6,9-10,12H2,1-2H3. The summed E-state index contributed by atoms with van der Waals surface area (Å²) in [6, 6.07) is 6.87. The van der Waals surface area contributed by atoms with Crippen molar-refractivity contribution in [2.45, 2.75) is 39.2 Å². The molecule has 2 nitrogen and oxygen atoms in total. The highest BCUT2D eigenvalue weighted by Crippen LogP contribution is 2.24. The second-order valence-electron chi connectivity index (χ2n) is 5.05. The number of benzene rings is 1. The Morgan fingerprint density at radius 2 is 1.82 bits per heavy atom. The zero-order valence-corrected chi connectivity index (χ0v) is 11.1. The van der Waals surface area contributed by atoms with Gasteiger partial charge in [-0.15, -0.1) is 0 Å². The predicted octanol–water partition coefficient (Wildman–Crippen LogP) is 3.09. The van der Waals surface area contributed by atoms with Crippen LogP contribution in [0.1, 0.15) is 36.8 Å². The summed E-state index contributed by atoms with van der Waals surface area (Å²) in [7, 11) is 2.00. The number of rotatable bonds is 3. The van der Waals surface area contributed by atoms with E-state index in [4.69, 9.17) is 0 Å². The molecule has 17 heavy (non-hydrogen) atoms. The fourth-order valence-corrected chi connectivity index (χ4v) is 2.70. The van der Waals surface area contributed by atoms with Crippen molar-refractivity contribution in [2.75, 3.05) is 25.0 Å². The van der Waals surface area contributed by atoms with Crippen LogP contribution in [0.25, 0.3) is 0 Å². The molecule has 94 valence electrons. The van der Waals surface area contributed by atoms with Gasteiger partial charge in [0.15, 0.2) is 0 Å². The second-order valence-corrected chi connectivity index (χ2v) is 5.05. The summed E-state index contributed by atoms with van der Waals surface area (Å²) >= 11 is 0. The zero-order valence-electron chi connectivity index (χ0n) is 11.1. The maximum Gasteiger partial charge on any atom is 0.0396 e. The molecule has 2 rings (SSSR count). The molecule has 0 amide bonds. The van der Waals surface area contributed by atoms with Gasteiger partial charge in [0, 0.05) is 25.3 Å². The summed E-state index contributed by atoms with van der Waals surface area (Å²) < 4.78 is 0. The zero-order chi connectivity index (χ0) is 12.1. The summed E-state index contributed by atoms with van der Waals surface area (Å²) in [6.45, 7) is 5.65. The Morgan fingerprint density at radius 3 is 2.41 bits per heavy atom. The summed E-state index contributed by atoms with van der Waals surface area (Å²) in [5, 5.41) is 3.21. The van der Waals surface area contributed by atoms with Crippen LogP contribution in [0, 0.1) is 6.92 Å². The van der Waals surface area contributed by atoms with Gasteiger partial charge in [0.2, 0.25) is 0 Å². The van der Waals surface area contributed by atoms with Gasteiger partial charge in [0.05, 0.1) is 0 Å². The van der Waals surface area contributed by atoms with E-state index >= 15 is 0 Å². The molecule has 1 aromatic carbocycles. The second kappa shape index (κ2) is 6.06. The SMILES string of the molecule is CNCc1ccc(N2CCCCCC2)c(C)c1. The maximum atomic E-state index is 3.21. The summed E-state index contributed by atoms with van der Waals surface area (Å²) in [5.74, 6) is 0. The van der Waals surface area contributed by atoms with Crippen LogP contribution in [0.15, 0.2) is 18.2 Å². The lowest BCUT2D eigenvalue weighted by molar-refractivity contribution is 0.726. The molecule has 1 heterocycles. The Balaban J connectivity index is 2.14. The molecule has 0 unspecified atom stereocenters. The van der Waals surface area contributed by atoms with Crippen LogP contribution in [0.3, 0.4) is 0 Å². The molecule has 0 bridgehead atoms. The molecule has 1 aromatic rings. The molecular formula is C15H24N2. The third-order valence-corrected chi connectivity index (χ3v) is 3.59. The number of hydrogen-bond donors (Lipinski definition) is 1. The van der Waals surface area contributed by atoms with Gasteiger partial charge in [-0.05, 0) is 44.0 Å². The molecule has 1 fully saturated rings. The third-order valence-electron chi connectivity index (χ3n) is 3.59. The predicted molar refractivity (Wildman–Crippen MR) is 74.6 cm³/mol. The number of hydrogen-bond acceptors (Lipinski definition) is 2. The summed E-state index contributed by atoms with van der Waals surface area (Å²) in [6.07, 6.45) is 5.48. The Labute approximate surface area is 105 Å². The van der Waals surface area contributed by atoms with Crippen LogP contribution in [0.5, 0.6) is 0 Å². The minimum atomic E-state index is 0.959. The molecule has 1 N–H and O–H groups in total. The first kappa shape index (κ1) is 12.4. The van der Waals surface area contributed by atoms with Crippen LogP contribution in [0.4, 0.5) is 5.69 Å². The molecular weight excluding hydrogens is 208 g/mol. The van der Waals surface area contributed by atoms with Crippen molar-refractivity contribution in [2.24, 2.45) is 0 Å². The normalized spacial score (nSPS) is 16.9. The van der Waals surface area contributed by atoms with Gasteiger partial charge in [-0.25, -0.2) is 0 Å². The first-order chi connectivity index (χ1) is 8.31. The number of aryl methyl sites for hydroxylation is 1. The highest BCUT2D eigenvalue weighted by Gasteiger charge is 2.11. The van der Waals surface area contributed by atoms with E-state index in [-0.39, 0.29) is 0 Å². The highest BCUT2D eigenvalue weighted by molar-refractivity contribution is 5.54. The Hall–Kier alpha value is -1.02. The average molecular weight is 232 g/mol. The number of anilines is 1. The summed E-state index contributed by atoms with van der Waals surface area (Å²) in [5.41, 5.74) is 4.23. The maximum absolute atomic E-state index is 3.21. The van der Waals surface area contributed by atoms with Crippen molar-refractivity contribution in [3.05, 3.63) is 29.3 Å². The Morgan fingerprint density at radius 1 is 1.12 bits per heavy atom. The molecule has 0 aromatic heterocycles. The van der Waals surface area contributed by atoms with E-state index in [1.54, 1.807) is 0 Å². The molecule has 0 aliphatic carbocycles. The van der Waals surface area contributed by atoms with Crippen molar-refractivity contribution in [3.8, 4) is 0 Å². The van der Waals surface area contributed by atoms with Crippen molar-refractivity contribution >= 4 is 5.69 Å². The Bertz CT molecular complexity index is 352. The van der Waals surface area contributed by atoms with Crippen molar-refractivity contribution < 1.29 is 0 Å². The molecule has 1 saturated heterocycles. The first-order valence-electron chi connectivity index (χ1n) is 6.80. The first-order valence-corrected chi connectivity index (χ1v) is 6.80. The van der Waals surface area contributed by atoms with E-state index in [9.17, 15) is 0 Å². The third kappa shape index (κ3) is 3.22.